The Kier molecular flexibility index (Phi) is 6.62. The van der Waals surface area contributed by atoms with Crippen LogP contribution < -0.4 is 16.2 Å². The van der Waals surface area contributed by atoms with E-state index in [2.05, 4.69) is 30.5 Å². The highest BCUT2D eigenvalue weighted by atomic mass is 16.2. The van der Waals surface area contributed by atoms with Gasteiger partial charge in [-0.05, 0) is 56.8 Å². The number of nitrogens with one attached hydrogen (secondary N) is 3. The van der Waals surface area contributed by atoms with Crippen molar-refractivity contribution in [1.29, 1.82) is 0 Å². The fourth-order valence-electron chi connectivity index (χ4n) is 5.39. The molecule has 9 heteroatoms. The molecular formula is C25H33N7O2. The number of fused-ring (bicyclic) bond motifs is 1. The Hall–Kier alpha value is -3.20. The first kappa shape index (κ1) is 22.6. The Morgan fingerprint density at radius 3 is 2.88 bits per heavy atom. The lowest BCUT2D eigenvalue weighted by Gasteiger charge is -2.30. The molecule has 1 aromatic carbocycles. The number of nitrogens with zero attached hydrogens (tertiary/aromatic N) is 4. The van der Waals surface area contributed by atoms with E-state index < -0.39 is 0 Å². The maximum absolute atomic E-state index is 13.1. The maximum atomic E-state index is 13.1. The zero-order valence-corrected chi connectivity index (χ0v) is 19.7. The number of amides is 1. The predicted octanol–water partition coefficient (Wildman–Crippen LogP) is 2.56. The third-order valence-corrected chi connectivity index (χ3v) is 7.25. The number of benzene rings is 1. The lowest BCUT2D eigenvalue weighted by atomic mass is 10.1. The summed E-state index contributed by atoms with van der Waals surface area (Å²) in [6.45, 7) is 4.01. The van der Waals surface area contributed by atoms with E-state index in [0.29, 0.717) is 36.7 Å². The van der Waals surface area contributed by atoms with Gasteiger partial charge in [-0.25, -0.2) is 9.97 Å². The van der Waals surface area contributed by atoms with Crippen LogP contribution in [0.5, 0.6) is 0 Å². The van der Waals surface area contributed by atoms with Crippen LogP contribution in [-0.4, -0.2) is 55.5 Å². The molecule has 1 amide bonds. The summed E-state index contributed by atoms with van der Waals surface area (Å²) in [6.07, 6.45) is 10.9. The minimum absolute atomic E-state index is 0.0359. The van der Waals surface area contributed by atoms with Gasteiger partial charge in [0.05, 0.1) is 17.4 Å². The maximum Gasteiger partial charge on any atom is 0.293 e. The van der Waals surface area contributed by atoms with E-state index in [-0.39, 0.29) is 18.0 Å². The summed E-state index contributed by atoms with van der Waals surface area (Å²) in [5, 5.41) is 6.21. The van der Waals surface area contributed by atoms with Crippen LogP contribution in [0, 0.1) is 6.92 Å². The second kappa shape index (κ2) is 9.97. The van der Waals surface area contributed by atoms with Gasteiger partial charge < -0.3 is 15.6 Å². The molecule has 0 radical (unpaired) electrons. The van der Waals surface area contributed by atoms with Gasteiger partial charge in [-0.3, -0.25) is 19.1 Å². The van der Waals surface area contributed by atoms with Gasteiger partial charge >= 0.3 is 0 Å². The summed E-state index contributed by atoms with van der Waals surface area (Å²) < 4.78 is 1.49. The van der Waals surface area contributed by atoms with Gasteiger partial charge in [0.1, 0.15) is 6.54 Å². The SMILES string of the molecule is Cc1cnc(NC[C@H]2CCCN2C2CCCC2)c(=O)n1CC(=O)NCc1ccc2nc[nH]c2c1. The number of imidazole rings is 1. The Balaban J connectivity index is 1.20. The van der Waals surface area contributed by atoms with Crippen molar-refractivity contribution in [2.24, 2.45) is 0 Å². The molecule has 0 unspecified atom stereocenters. The predicted molar refractivity (Wildman–Crippen MR) is 132 cm³/mol. The molecule has 1 atom stereocenters. The third kappa shape index (κ3) is 4.84. The molecule has 2 fully saturated rings. The zero-order valence-electron chi connectivity index (χ0n) is 19.7. The van der Waals surface area contributed by atoms with Gasteiger partial charge in [-0.2, -0.15) is 0 Å². The van der Waals surface area contributed by atoms with Crippen molar-refractivity contribution in [2.75, 3.05) is 18.4 Å². The number of likely N-dealkylation sites (tertiary alicyclic amines) is 1. The highest BCUT2D eigenvalue weighted by Crippen LogP contribution is 2.30. The first-order chi connectivity index (χ1) is 16.6. The van der Waals surface area contributed by atoms with E-state index in [1.165, 1.54) is 36.7 Å². The molecule has 1 saturated heterocycles. The second-order valence-corrected chi connectivity index (χ2v) is 9.52. The van der Waals surface area contributed by atoms with E-state index in [1.807, 2.05) is 18.2 Å². The van der Waals surface area contributed by atoms with E-state index in [1.54, 1.807) is 19.4 Å². The van der Waals surface area contributed by atoms with Crippen molar-refractivity contribution in [2.45, 2.75) is 70.6 Å². The van der Waals surface area contributed by atoms with Crippen LogP contribution in [0.3, 0.4) is 0 Å². The van der Waals surface area contributed by atoms with Crippen LogP contribution >= 0.6 is 0 Å². The number of anilines is 1. The van der Waals surface area contributed by atoms with E-state index >= 15 is 0 Å². The van der Waals surface area contributed by atoms with Crippen LogP contribution in [0.2, 0.25) is 0 Å². The number of rotatable bonds is 8. The smallest absolute Gasteiger partial charge is 0.293 e. The summed E-state index contributed by atoms with van der Waals surface area (Å²) in [4.78, 5) is 40.0. The molecule has 3 N–H and O–H groups in total. The zero-order chi connectivity index (χ0) is 23.5. The third-order valence-electron chi connectivity index (χ3n) is 7.25. The number of aromatic amines is 1. The van der Waals surface area contributed by atoms with Crippen LogP contribution in [0.15, 0.2) is 35.5 Å². The standard InChI is InChI=1S/C25H33N7O2/c1-17-12-27-24(28-14-20-7-4-10-31(20)19-5-2-3-6-19)25(34)32(17)15-23(33)26-13-18-8-9-21-22(11-18)30-16-29-21/h8-9,11-12,16,19-20H,2-7,10,13-15H2,1H3,(H,26,33)(H,27,28)(H,29,30)/t20-/m1/s1. The Morgan fingerprint density at radius 2 is 2.03 bits per heavy atom. The molecule has 3 aromatic rings. The Morgan fingerprint density at radius 1 is 1.18 bits per heavy atom. The van der Waals surface area contributed by atoms with Gasteiger partial charge in [0.25, 0.3) is 5.56 Å². The van der Waals surface area contributed by atoms with E-state index in [9.17, 15) is 9.59 Å². The summed E-state index contributed by atoms with van der Waals surface area (Å²) in [6, 6.07) is 6.95. The molecule has 9 nitrogen and oxygen atoms in total. The highest BCUT2D eigenvalue weighted by Gasteiger charge is 2.32. The molecule has 1 saturated carbocycles. The molecule has 1 aliphatic carbocycles. The van der Waals surface area contributed by atoms with E-state index in [4.69, 9.17) is 0 Å². The number of aromatic nitrogens is 4. The molecule has 3 heterocycles. The van der Waals surface area contributed by atoms with Gasteiger partial charge in [0.2, 0.25) is 5.91 Å². The monoisotopic (exact) mass is 463 g/mol. The number of carbonyl (C=O) groups excluding carboxylic acids is 1. The van der Waals surface area contributed by atoms with Crippen LogP contribution in [-0.2, 0) is 17.9 Å². The average Bonchev–Trinajstić information content (AvgIpc) is 3.60. The normalized spacial score (nSPS) is 19.1. The molecule has 0 spiro atoms. The van der Waals surface area contributed by atoms with Crippen molar-refractivity contribution >= 4 is 22.8 Å². The van der Waals surface area contributed by atoms with Crippen LogP contribution in [0.25, 0.3) is 11.0 Å². The van der Waals surface area contributed by atoms with Crippen molar-refractivity contribution < 1.29 is 4.79 Å². The largest absolute Gasteiger partial charge is 0.364 e. The lowest BCUT2D eigenvalue weighted by molar-refractivity contribution is -0.121. The highest BCUT2D eigenvalue weighted by molar-refractivity contribution is 5.77. The minimum Gasteiger partial charge on any atom is -0.364 e. The minimum atomic E-state index is -0.251. The lowest BCUT2D eigenvalue weighted by Crippen LogP contribution is -2.42. The first-order valence-electron chi connectivity index (χ1n) is 12.3. The van der Waals surface area contributed by atoms with Gasteiger partial charge in [0.15, 0.2) is 5.82 Å². The van der Waals surface area contributed by atoms with Gasteiger partial charge in [-0.1, -0.05) is 18.9 Å². The fraction of sp³-hybridized carbons (Fsp3) is 0.520. The molecule has 5 rings (SSSR count). The van der Waals surface area contributed by atoms with Crippen LogP contribution in [0.1, 0.15) is 49.8 Å². The Labute approximate surface area is 199 Å². The molecular weight excluding hydrogens is 430 g/mol. The second-order valence-electron chi connectivity index (χ2n) is 9.52. The fourth-order valence-corrected chi connectivity index (χ4v) is 5.39. The first-order valence-corrected chi connectivity index (χ1v) is 12.3. The van der Waals surface area contributed by atoms with Crippen molar-refractivity contribution in [1.82, 2.24) is 29.7 Å². The molecule has 0 bridgehead atoms. The summed E-state index contributed by atoms with van der Waals surface area (Å²) >= 11 is 0. The quantitative estimate of drug-likeness (QED) is 0.474. The number of H-pyrrole nitrogens is 1. The molecule has 180 valence electrons. The van der Waals surface area contributed by atoms with Crippen molar-refractivity contribution in [3.05, 3.63) is 52.3 Å². The number of hydrogen-bond donors (Lipinski definition) is 3. The molecule has 2 aromatic heterocycles. The number of aryl methyl sites for hydroxylation is 1. The summed E-state index contributed by atoms with van der Waals surface area (Å²) in [5.41, 5.74) is 3.20. The average molecular weight is 464 g/mol. The van der Waals surface area contributed by atoms with Gasteiger partial charge in [-0.15, -0.1) is 0 Å². The Bertz CT molecular complexity index is 1210. The number of hydrogen-bond acceptors (Lipinski definition) is 6. The van der Waals surface area contributed by atoms with Gasteiger partial charge in [0, 0.05) is 37.1 Å². The van der Waals surface area contributed by atoms with Crippen molar-refractivity contribution in [3.8, 4) is 0 Å². The topological polar surface area (TPSA) is 108 Å². The van der Waals surface area contributed by atoms with Crippen molar-refractivity contribution in [3.63, 3.8) is 0 Å². The summed E-state index contributed by atoms with van der Waals surface area (Å²) in [5.74, 6) is 0.108. The van der Waals surface area contributed by atoms with E-state index in [0.717, 1.165) is 29.6 Å². The molecule has 2 aliphatic rings. The van der Waals surface area contributed by atoms with Crippen LogP contribution in [0.4, 0.5) is 5.82 Å². The number of carbonyl (C=O) groups is 1. The molecule has 1 aliphatic heterocycles. The molecule has 34 heavy (non-hydrogen) atoms. The summed E-state index contributed by atoms with van der Waals surface area (Å²) in [7, 11) is 0.